The summed E-state index contributed by atoms with van der Waals surface area (Å²) in [5, 5.41) is 3.69. The Balaban J connectivity index is 3.71. The molecule has 148 valence electrons. The highest BCUT2D eigenvalue weighted by Crippen LogP contribution is 2.40. The lowest BCUT2D eigenvalue weighted by Gasteiger charge is -2.55. The van der Waals surface area contributed by atoms with Gasteiger partial charge in [-0.2, -0.15) is 0 Å². The van der Waals surface area contributed by atoms with Gasteiger partial charge in [0.05, 0.1) is 20.9 Å². The first kappa shape index (κ1) is 23.5. The van der Waals surface area contributed by atoms with Crippen molar-refractivity contribution in [1.29, 1.82) is 0 Å². The summed E-state index contributed by atoms with van der Waals surface area (Å²) >= 11 is 0. The molecule has 0 radical (unpaired) electrons. The van der Waals surface area contributed by atoms with Crippen LogP contribution >= 0.6 is 0 Å². The molecular weight excluding hydrogens is 389 g/mol. The Hall–Kier alpha value is -0.522. The fourth-order valence-electron chi connectivity index (χ4n) is 3.93. The van der Waals surface area contributed by atoms with E-state index in [1.165, 1.54) is 5.56 Å². The Morgan fingerprint density at radius 1 is 0.885 bits per heavy atom. The fraction of sp³-hybridized carbons (Fsp3) is 0.611. The van der Waals surface area contributed by atoms with Crippen molar-refractivity contribution in [3.63, 3.8) is 0 Å². The third-order valence-electron chi connectivity index (χ3n) is 4.77. The van der Waals surface area contributed by atoms with E-state index in [2.05, 4.69) is 99.8 Å². The van der Waals surface area contributed by atoms with Crippen LogP contribution < -0.4 is 10.5 Å². The summed E-state index contributed by atoms with van der Waals surface area (Å²) in [5.41, 5.74) is 4.32. The molecule has 8 heteroatoms. The quantitative estimate of drug-likeness (QED) is 0.474. The first-order valence-corrected chi connectivity index (χ1v) is 23.9. The maximum Gasteiger partial charge on any atom is 0.230 e. The van der Waals surface area contributed by atoms with Gasteiger partial charge in [0, 0.05) is 6.92 Å². The number of carbonyl (C=O) groups excluding carboxylic acids is 1. The van der Waals surface area contributed by atoms with Crippen LogP contribution in [0, 0.1) is 0 Å². The summed E-state index contributed by atoms with van der Waals surface area (Å²) in [7, 11) is -7.46. The minimum Gasteiger partial charge on any atom is -0.412 e. The Kier molecular flexibility index (Phi) is 7.45. The largest absolute Gasteiger partial charge is 0.412 e. The van der Waals surface area contributed by atoms with E-state index in [0.29, 0.717) is 0 Å². The van der Waals surface area contributed by atoms with Gasteiger partial charge in [0.15, 0.2) is 15.6 Å². The topological polar surface area (TPSA) is 50.4 Å². The molecule has 0 aromatic heterocycles. The highest BCUT2D eigenvalue weighted by Gasteiger charge is 2.61. The third kappa shape index (κ3) is 5.49. The Labute approximate surface area is 163 Å². The van der Waals surface area contributed by atoms with Crippen LogP contribution in [0.25, 0.3) is 0 Å². The molecule has 0 aliphatic carbocycles. The molecule has 0 aliphatic rings. The van der Waals surface area contributed by atoms with Crippen LogP contribution in [0.5, 0.6) is 0 Å². The molecule has 26 heavy (non-hydrogen) atoms. The number of carbonyl (C=O) groups is 1. The highest BCUT2D eigenvalue weighted by molar-refractivity contribution is 7.68. The van der Waals surface area contributed by atoms with Crippen LogP contribution in [0.3, 0.4) is 0 Å². The molecule has 2 N–H and O–H groups in total. The predicted molar refractivity (Wildman–Crippen MR) is 123 cm³/mol. The molecule has 1 amide bonds. The Morgan fingerprint density at radius 3 is 1.69 bits per heavy atom. The van der Waals surface area contributed by atoms with Crippen molar-refractivity contribution in [1.82, 2.24) is 10.5 Å². The van der Waals surface area contributed by atoms with Crippen molar-refractivity contribution >= 4 is 36.7 Å². The molecule has 0 heterocycles. The molecule has 0 saturated carbocycles. The number of hydrogen-bond donors (Lipinski definition) is 2. The van der Waals surface area contributed by atoms with Crippen molar-refractivity contribution < 1.29 is 9.22 Å². The van der Waals surface area contributed by atoms with E-state index in [0.717, 1.165) is 0 Å². The molecule has 1 aromatic rings. The van der Waals surface area contributed by atoms with Gasteiger partial charge in [0.25, 0.3) is 0 Å². The van der Waals surface area contributed by atoms with E-state index >= 15 is 0 Å². The molecule has 0 spiro atoms. The zero-order valence-electron chi connectivity index (χ0n) is 18.3. The molecule has 1 unspecified atom stereocenters. The van der Waals surface area contributed by atoms with E-state index in [4.69, 9.17) is 4.43 Å². The van der Waals surface area contributed by atoms with Crippen LogP contribution in [0.1, 0.15) is 18.2 Å². The van der Waals surface area contributed by atoms with Crippen LogP contribution in [0.15, 0.2) is 30.3 Å². The minimum absolute atomic E-state index is 0.0295. The minimum atomic E-state index is -2.23. The molecule has 4 nitrogen and oxygen atoms in total. The summed E-state index contributed by atoms with van der Waals surface area (Å²) < 4.78 is 6.93. The van der Waals surface area contributed by atoms with Crippen molar-refractivity contribution in [2.75, 3.05) is 0 Å². The van der Waals surface area contributed by atoms with Gasteiger partial charge in [-0.15, -0.1) is 0 Å². The second-order valence-corrected chi connectivity index (χ2v) is 41.2. The molecule has 0 fully saturated rings. The molecule has 0 bridgehead atoms. The average molecular weight is 427 g/mol. The van der Waals surface area contributed by atoms with E-state index in [1.807, 2.05) is 0 Å². The normalized spacial score (nSPS) is 14.8. The summed E-state index contributed by atoms with van der Waals surface area (Å²) in [6.07, 6.45) is 0. The second kappa shape index (κ2) is 8.23. The molecule has 0 aliphatic heterocycles. The predicted octanol–water partition coefficient (Wildman–Crippen LogP) is 4.54. The summed E-state index contributed by atoms with van der Waals surface area (Å²) in [6, 6.07) is 10.6. The van der Waals surface area contributed by atoms with Gasteiger partial charge in [-0.3, -0.25) is 15.3 Å². The van der Waals surface area contributed by atoms with Gasteiger partial charge in [0.2, 0.25) is 5.91 Å². The third-order valence-corrected chi connectivity index (χ3v) is 42.5. The van der Waals surface area contributed by atoms with Crippen molar-refractivity contribution in [2.45, 2.75) is 71.6 Å². The number of benzene rings is 1. The number of rotatable bonds is 8. The van der Waals surface area contributed by atoms with Crippen molar-refractivity contribution in [3.05, 3.63) is 35.9 Å². The smallest absolute Gasteiger partial charge is 0.230 e. The summed E-state index contributed by atoms with van der Waals surface area (Å²) in [6.45, 7) is 23.0. The fourth-order valence-corrected chi connectivity index (χ4v) is 48.7. The van der Waals surface area contributed by atoms with Gasteiger partial charge in [-0.1, -0.05) is 69.6 Å². The van der Waals surface area contributed by atoms with Gasteiger partial charge in [-0.05, 0) is 25.2 Å². The van der Waals surface area contributed by atoms with Crippen LogP contribution in [-0.4, -0.2) is 36.7 Å². The first-order chi connectivity index (χ1) is 11.6. The molecule has 1 atom stereocenters. The number of nitrogens with one attached hydrogen (secondary N) is 2. The van der Waals surface area contributed by atoms with Crippen LogP contribution in [-0.2, 0) is 9.22 Å². The zero-order chi connectivity index (χ0) is 20.4. The monoisotopic (exact) mass is 426 g/mol. The van der Waals surface area contributed by atoms with Crippen LogP contribution in [0.4, 0.5) is 0 Å². The number of hydrazine groups is 1. The summed E-state index contributed by atoms with van der Waals surface area (Å²) in [4.78, 5) is 11.8. The van der Waals surface area contributed by atoms with Gasteiger partial charge in [0.1, 0.15) is 0 Å². The molecule has 1 rings (SSSR count). The Bertz CT molecular complexity index is 590. The SMILES string of the molecule is CC(=O)NN[Si](C(O[Si](C)(C)C)c1ccccc1)([Si](C)(C)C)[Si](C)(C)C. The molecule has 1 aromatic carbocycles. The van der Waals surface area contributed by atoms with E-state index in [-0.39, 0.29) is 11.6 Å². The van der Waals surface area contributed by atoms with E-state index in [1.54, 1.807) is 6.92 Å². The standard InChI is InChI=1S/C18H38N2O2Si4/c1-16(21)19-20-26(24(5,6)7,25(8,9)10)18(22-23(2,3)4)17-14-12-11-13-15-17/h11-15,18,20H,1-10H3,(H,19,21). The van der Waals surface area contributed by atoms with Gasteiger partial charge in [-0.25, -0.2) is 0 Å². The zero-order valence-corrected chi connectivity index (χ0v) is 22.3. The van der Waals surface area contributed by atoms with Crippen molar-refractivity contribution in [3.8, 4) is 0 Å². The van der Waals surface area contributed by atoms with E-state index < -0.39 is 30.8 Å². The van der Waals surface area contributed by atoms with Crippen LogP contribution in [0.2, 0.25) is 58.9 Å². The van der Waals surface area contributed by atoms with Gasteiger partial charge < -0.3 is 4.43 Å². The first-order valence-electron chi connectivity index (χ1n) is 9.38. The second-order valence-electron chi connectivity index (χ2n) is 10.1. The lowest BCUT2D eigenvalue weighted by Crippen LogP contribution is -2.85. The lowest BCUT2D eigenvalue weighted by atomic mass is 10.2. The Morgan fingerprint density at radius 2 is 1.35 bits per heavy atom. The lowest BCUT2D eigenvalue weighted by molar-refractivity contribution is -0.119. The summed E-state index contributed by atoms with van der Waals surface area (Å²) in [5.74, 6) is -0.0295. The molecule has 0 saturated heterocycles. The van der Waals surface area contributed by atoms with E-state index in [9.17, 15) is 4.79 Å². The average Bonchev–Trinajstić information content (AvgIpc) is 2.43. The maximum absolute atomic E-state index is 11.8. The highest BCUT2D eigenvalue weighted by atomic mass is 29.6. The van der Waals surface area contributed by atoms with Gasteiger partial charge >= 0.3 is 0 Å². The number of amides is 1. The van der Waals surface area contributed by atoms with Crippen molar-refractivity contribution in [2.24, 2.45) is 0 Å². The number of hydrogen-bond acceptors (Lipinski definition) is 3. The maximum atomic E-state index is 11.8. The molecular formula is C18H38N2O2Si4.